The summed E-state index contributed by atoms with van der Waals surface area (Å²) in [6.07, 6.45) is 10.7. The molecule has 4 nitrogen and oxygen atoms in total. The molecule has 2 aliphatic heterocycles. The van der Waals surface area contributed by atoms with Gasteiger partial charge >= 0.3 is 0 Å². The maximum absolute atomic E-state index is 5.65. The number of hydrogen-bond donors (Lipinski definition) is 2. The summed E-state index contributed by atoms with van der Waals surface area (Å²) in [5.74, 6) is 1.97. The number of nitrogens with one attached hydrogen (secondary N) is 2. The van der Waals surface area contributed by atoms with Gasteiger partial charge in [0, 0.05) is 6.54 Å². The van der Waals surface area contributed by atoms with Gasteiger partial charge in [0.15, 0.2) is 0 Å². The van der Waals surface area contributed by atoms with Crippen molar-refractivity contribution in [1.29, 1.82) is 0 Å². The van der Waals surface area contributed by atoms with E-state index >= 15 is 0 Å². The van der Waals surface area contributed by atoms with Crippen molar-refractivity contribution in [2.45, 2.75) is 46.6 Å². The number of aryl methyl sites for hydroxylation is 1. The minimum absolute atomic E-state index is 0.277. The average Bonchev–Trinajstić information content (AvgIpc) is 3.01. The predicted octanol–water partition coefficient (Wildman–Crippen LogP) is 4.94. The van der Waals surface area contributed by atoms with E-state index in [0.29, 0.717) is 0 Å². The molecule has 1 saturated heterocycles. The molecule has 1 unspecified atom stereocenters. The third-order valence-electron chi connectivity index (χ3n) is 4.05. The molecule has 1 aromatic carbocycles. The first-order valence-corrected chi connectivity index (χ1v) is 9.67. The van der Waals surface area contributed by atoms with Gasteiger partial charge in [0.2, 0.25) is 0 Å². The molecular weight excluding hydrogens is 324 g/mol. The van der Waals surface area contributed by atoms with Crippen LogP contribution >= 0.6 is 0 Å². The first kappa shape index (κ1) is 20.0. The molecule has 0 saturated carbocycles. The number of benzene rings is 1. The highest BCUT2D eigenvalue weighted by molar-refractivity contribution is 5.59. The summed E-state index contributed by atoms with van der Waals surface area (Å²) >= 11 is 0. The smallest absolute Gasteiger partial charge is 0.143 e. The van der Waals surface area contributed by atoms with Gasteiger partial charge in [-0.3, -0.25) is 0 Å². The molecule has 4 rings (SSSR count). The third kappa shape index (κ3) is 5.87. The lowest BCUT2D eigenvalue weighted by molar-refractivity contribution is 0.226. The first-order valence-electron chi connectivity index (χ1n) is 9.67. The maximum atomic E-state index is 5.65. The predicted molar refractivity (Wildman–Crippen MR) is 110 cm³/mol. The molecular formula is C22H32N2O2. The quantitative estimate of drug-likeness (QED) is 0.691. The molecule has 2 N–H and O–H groups in total. The molecule has 1 aromatic rings. The van der Waals surface area contributed by atoms with Crippen LogP contribution in [0.1, 0.15) is 39.2 Å². The fraction of sp³-hybridized carbons (Fsp3) is 0.455. The fourth-order valence-corrected chi connectivity index (χ4v) is 2.76. The molecule has 2 heterocycles. The Morgan fingerprint density at radius 3 is 2.85 bits per heavy atom. The molecule has 1 atom stereocenters. The van der Waals surface area contributed by atoms with E-state index in [-0.39, 0.29) is 6.10 Å². The van der Waals surface area contributed by atoms with E-state index in [1.54, 1.807) is 0 Å². The maximum Gasteiger partial charge on any atom is 0.143 e. The van der Waals surface area contributed by atoms with E-state index in [1.807, 2.05) is 26.0 Å². The lowest BCUT2D eigenvalue weighted by Gasteiger charge is -2.24. The van der Waals surface area contributed by atoms with Crippen LogP contribution in [-0.4, -0.2) is 25.8 Å². The SMILES string of the molecule is C1=CCC=C2NCCCOC2=C1.CC.Cc1ccc2c(c1)OC(C)CN2. The molecule has 0 radical (unpaired) electrons. The van der Waals surface area contributed by atoms with Crippen LogP contribution in [0.5, 0.6) is 5.75 Å². The Morgan fingerprint density at radius 2 is 2.00 bits per heavy atom. The van der Waals surface area contributed by atoms with Crippen molar-refractivity contribution in [1.82, 2.24) is 5.32 Å². The van der Waals surface area contributed by atoms with Gasteiger partial charge in [0.1, 0.15) is 17.6 Å². The molecule has 4 heteroatoms. The Kier molecular flexibility index (Phi) is 8.13. The summed E-state index contributed by atoms with van der Waals surface area (Å²) in [5.41, 5.74) is 3.50. The summed E-state index contributed by atoms with van der Waals surface area (Å²) in [5, 5.41) is 6.67. The second-order valence-electron chi connectivity index (χ2n) is 6.25. The Bertz CT molecular complexity index is 662. The number of fused-ring (bicyclic) bond motifs is 2. The van der Waals surface area contributed by atoms with Gasteiger partial charge in [-0.25, -0.2) is 0 Å². The van der Waals surface area contributed by atoms with Crippen molar-refractivity contribution in [3.8, 4) is 5.75 Å². The highest BCUT2D eigenvalue weighted by atomic mass is 16.5. The molecule has 0 spiro atoms. The average molecular weight is 357 g/mol. The standard InChI is InChI=1S/2C10H13NO.C2H6/c1-7-3-4-9-10(5-7)12-8(2)6-11-9;1-2-5-9-10(6-3-1)12-8-4-7-11-9;1-2/h3-5,8,11H,6H2,1-2H3;1,3,5-6,11H,2,4,7-8H2;1-2H3. The summed E-state index contributed by atoms with van der Waals surface area (Å²) in [6.45, 7) is 10.9. The minimum Gasteiger partial charge on any atom is -0.491 e. The number of ether oxygens (including phenoxy) is 2. The summed E-state index contributed by atoms with van der Waals surface area (Å²) < 4.78 is 11.2. The third-order valence-corrected chi connectivity index (χ3v) is 4.05. The van der Waals surface area contributed by atoms with E-state index < -0.39 is 0 Å². The van der Waals surface area contributed by atoms with Gasteiger partial charge in [-0.1, -0.05) is 38.1 Å². The number of allylic oxidation sites excluding steroid dienone is 4. The lowest BCUT2D eigenvalue weighted by Crippen LogP contribution is -2.27. The summed E-state index contributed by atoms with van der Waals surface area (Å²) in [6, 6.07) is 6.22. The molecule has 26 heavy (non-hydrogen) atoms. The topological polar surface area (TPSA) is 42.5 Å². The van der Waals surface area contributed by atoms with E-state index in [2.05, 4.69) is 54.8 Å². The molecule has 0 aromatic heterocycles. The van der Waals surface area contributed by atoms with E-state index in [4.69, 9.17) is 9.47 Å². The van der Waals surface area contributed by atoms with Crippen LogP contribution in [0.4, 0.5) is 5.69 Å². The van der Waals surface area contributed by atoms with Crippen LogP contribution in [0.2, 0.25) is 0 Å². The van der Waals surface area contributed by atoms with Crippen molar-refractivity contribution >= 4 is 5.69 Å². The Morgan fingerprint density at radius 1 is 1.15 bits per heavy atom. The Balaban J connectivity index is 0.000000171. The van der Waals surface area contributed by atoms with Gasteiger partial charge in [-0.2, -0.15) is 0 Å². The summed E-state index contributed by atoms with van der Waals surface area (Å²) in [7, 11) is 0. The molecule has 3 aliphatic rings. The highest BCUT2D eigenvalue weighted by Gasteiger charge is 2.14. The van der Waals surface area contributed by atoms with Gasteiger partial charge < -0.3 is 20.1 Å². The van der Waals surface area contributed by atoms with Gasteiger partial charge in [0.05, 0.1) is 24.5 Å². The molecule has 1 aliphatic carbocycles. The van der Waals surface area contributed by atoms with E-state index in [0.717, 1.165) is 55.4 Å². The van der Waals surface area contributed by atoms with Crippen molar-refractivity contribution in [3.05, 3.63) is 59.5 Å². The van der Waals surface area contributed by atoms with Crippen molar-refractivity contribution in [2.24, 2.45) is 0 Å². The molecule has 0 amide bonds. The van der Waals surface area contributed by atoms with Crippen LogP contribution in [0, 0.1) is 6.92 Å². The van der Waals surface area contributed by atoms with Gasteiger partial charge in [-0.05, 0) is 50.5 Å². The summed E-state index contributed by atoms with van der Waals surface area (Å²) in [4.78, 5) is 0. The molecule has 0 bridgehead atoms. The first-order chi connectivity index (χ1) is 12.7. The largest absolute Gasteiger partial charge is 0.491 e. The molecule has 1 fully saturated rings. The minimum atomic E-state index is 0.277. The lowest BCUT2D eigenvalue weighted by atomic mass is 10.2. The number of anilines is 1. The van der Waals surface area contributed by atoms with Crippen molar-refractivity contribution in [3.63, 3.8) is 0 Å². The van der Waals surface area contributed by atoms with Crippen LogP contribution in [0.25, 0.3) is 0 Å². The van der Waals surface area contributed by atoms with Crippen molar-refractivity contribution in [2.75, 3.05) is 25.0 Å². The monoisotopic (exact) mass is 356 g/mol. The van der Waals surface area contributed by atoms with Gasteiger partial charge in [-0.15, -0.1) is 0 Å². The zero-order valence-corrected chi connectivity index (χ0v) is 16.5. The zero-order chi connectivity index (χ0) is 18.8. The van der Waals surface area contributed by atoms with E-state index in [9.17, 15) is 0 Å². The number of hydrogen-bond acceptors (Lipinski definition) is 4. The van der Waals surface area contributed by atoms with Crippen LogP contribution in [-0.2, 0) is 4.74 Å². The van der Waals surface area contributed by atoms with Crippen LogP contribution < -0.4 is 15.4 Å². The van der Waals surface area contributed by atoms with E-state index in [1.165, 1.54) is 5.56 Å². The Hall–Kier alpha value is -2.36. The Labute approximate surface area is 158 Å². The van der Waals surface area contributed by atoms with Crippen molar-refractivity contribution < 1.29 is 9.47 Å². The van der Waals surface area contributed by atoms with Crippen LogP contribution in [0.3, 0.4) is 0 Å². The zero-order valence-electron chi connectivity index (χ0n) is 16.5. The second-order valence-corrected chi connectivity index (χ2v) is 6.25. The van der Waals surface area contributed by atoms with Crippen LogP contribution in [0.15, 0.2) is 54.0 Å². The van der Waals surface area contributed by atoms with Gasteiger partial charge in [0.25, 0.3) is 0 Å². The number of rotatable bonds is 0. The molecule has 142 valence electrons. The fourth-order valence-electron chi connectivity index (χ4n) is 2.76. The highest BCUT2D eigenvalue weighted by Crippen LogP contribution is 2.29. The normalized spacial score (nSPS) is 19.9. The second kappa shape index (κ2) is 10.6.